The molecule has 0 fully saturated rings. The van der Waals surface area contributed by atoms with E-state index in [2.05, 4.69) is 26.2 Å². The number of carbonyl (C=O) groups is 1. The molecule has 0 aliphatic heterocycles. The van der Waals surface area contributed by atoms with Crippen molar-refractivity contribution >= 4 is 48.5 Å². The number of ether oxygens (including phenoxy) is 1. The Labute approximate surface area is 224 Å². The van der Waals surface area contributed by atoms with Gasteiger partial charge in [0.2, 0.25) is 0 Å². The van der Waals surface area contributed by atoms with Crippen LogP contribution in [0.4, 0.5) is 18.9 Å². The van der Waals surface area contributed by atoms with Crippen molar-refractivity contribution in [2.45, 2.75) is 25.9 Å². The number of amides is 1. The van der Waals surface area contributed by atoms with E-state index in [-0.39, 0.29) is 35.5 Å². The molecule has 0 radical (unpaired) electrons. The zero-order valence-electron chi connectivity index (χ0n) is 20.3. The third-order valence-corrected chi connectivity index (χ3v) is 7.46. The molecular weight excluding hydrogens is 593 g/mol. The summed E-state index contributed by atoms with van der Waals surface area (Å²) in [6.07, 6.45) is 0. The molecule has 0 saturated carbocycles. The number of para-hydroxylation sites is 1. The minimum absolute atomic E-state index is 0.107. The largest absolute Gasteiger partial charge is 0.516 e. The number of nitrogens with one attached hydrogen (secondary N) is 2. The number of halogens is 4. The van der Waals surface area contributed by atoms with E-state index >= 15 is 0 Å². The lowest BCUT2D eigenvalue weighted by atomic mass is 10.1. The van der Waals surface area contributed by atoms with E-state index in [0.717, 1.165) is 5.56 Å². The molecule has 2 N–H and O–H groups in total. The van der Waals surface area contributed by atoms with Crippen LogP contribution in [-0.2, 0) is 16.6 Å². The predicted molar refractivity (Wildman–Crippen MR) is 139 cm³/mol. The van der Waals surface area contributed by atoms with Crippen LogP contribution in [0, 0.1) is 6.92 Å². The summed E-state index contributed by atoms with van der Waals surface area (Å²) in [6.45, 7) is 4.08. The number of sulfonamides is 1. The average Bonchev–Trinajstić information content (AvgIpc) is 3.34. The summed E-state index contributed by atoms with van der Waals surface area (Å²) in [6, 6.07) is 11.1. The van der Waals surface area contributed by atoms with Crippen molar-refractivity contribution < 1.29 is 35.5 Å². The molecular formula is C24H22BrF3N4O5S. The number of fused-ring (bicyclic) bond motifs is 1. The number of aromatic nitrogens is 2. The van der Waals surface area contributed by atoms with Gasteiger partial charge in [-0.1, -0.05) is 18.2 Å². The van der Waals surface area contributed by atoms with Crippen molar-refractivity contribution in [2.75, 3.05) is 18.4 Å². The average molecular weight is 615 g/mol. The lowest BCUT2D eigenvalue weighted by Crippen LogP contribution is -2.30. The molecule has 9 nitrogen and oxygen atoms in total. The van der Waals surface area contributed by atoms with Crippen LogP contribution >= 0.6 is 15.9 Å². The molecule has 4 rings (SSSR count). The number of hydrogen-bond donors (Lipinski definition) is 2. The number of nitrogens with zero attached hydrogens (tertiary/aromatic N) is 2. The number of rotatable bonds is 8. The van der Waals surface area contributed by atoms with Crippen molar-refractivity contribution in [3.63, 3.8) is 0 Å². The molecule has 2 aromatic heterocycles. The molecule has 14 heteroatoms. The third kappa shape index (κ3) is 5.10. The fourth-order valence-electron chi connectivity index (χ4n) is 3.88. The lowest BCUT2D eigenvalue weighted by Gasteiger charge is -2.13. The van der Waals surface area contributed by atoms with Crippen LogP contribution in [0.1, 0.15) is 28.7 Å². The van der Waals surface area contributed by atoms with Crippen LogP contribution < -0.4 is 14.8 Å². The number of aryl methyl sites for hydroxylation is 1. The smallest absolute Gasteiger partial charge is 0.465 e. The molecule has 202 valence electrons. The van der Waals surface area contributed by atoms with Crippen LogP contribution in [0.5, 0.6) is 6.01 Å². The Balaban J connectivity index is 1.77. The van der Waals surface area contributed by atoms with E-state index in [4.69, 9.17) is 9.15 Å². The van der Waals surface area contributed by atoms with Crippen molar-refractivity contribution in [3.05, 3.63) is 63.9 Å². The lowest BCUT2D eigenvalue weighted by molar-refractivity contribution is -0.0429. The van der Waals surface area contributed by atoms with Gasteiger partial charge >= 0.3 is 15.5 Å². The summed E-state index contributed by atoms with van der Waals surface area (Å²) in [4.78, 5) is 16.9. The predicted octanol–water partition coefficient (Wildman–Crippen LogP) is 5.44. The molecule has 4 aromatic rings. The van der Waals surface area contributed by atoms with Crippen LogP contribution in [0.3, 0.4) is 0 Å². The first kappa shape index (κ1) is 27.5. The van der Waals surface area contributed by atoms with E-state index in [1.807, 2.05) is 0 Å². The number of carbonyl (C=O) groups excluding carboxylic acids is 1. The van der Waals surface area contributed by atoms with Gasteiger partial charge in [0.15, 0.2) is 5.76 Å². The molecule has 0 aliphatic rings. The molecule has 38 heavy (non-hydrogen) atoms. The van der Waals surface area contributed by atoms with E-state index in [1.165, 1.54) is 25.2 Å². The molecule has 0 unspecified atom stereocenters. The Morgan fingerprint density at radius 1 is 1.21 bits per heavy atom. The van der Waals surface area contributed by atoms with Crippen LogP contribution in [0.15, 0.2) is 51.4 Å². The van der Waals surface area contributed by atoms with E-state index < -0.39 is 15.5 Å². The van der Waals surface area contributed by atoms with Crippen LogP contribution in [-0.4, -0.2) is 43.0 Å². The Morgan fingerprint density at radius 2 is 1.92 bits per heavy atom. The van der Waals surface area contributed by atoms with Gasteiger partial charge < -0.3 is 14.5 Å². The number of alkyl halides is 3. The van der Waals surface area contributed by atoms with Crippen molar-refractivity contribution in [1.82, 2.24) is 14.9 Å². The molecule has 0 saturated heterocycles. The molecule has 0 bridgehead atoms. The number of anilines is 1. The highest BCUT2D eigenvalue weighted by atomic mass is 79.9. The van der Waals surface area contributed by atoms with E-state index in [9.17, 15) is 26.4 Å². The molecule has 2 heterocycles. The van der Waals surface area contributed by atoms with Crippen LogP contribution in [0.2, 0.25) is 0 Å². The van der Waals surface area contributed by atoms with E-state index in [0.29, 0.717) is 33.4 Å². The summed E-state index contributed by atoms with van der Waals surface area (Å²) in [5.41, 5.74) is -3.68. The first-order valence-electron chi connectivity index (χ1n) is 11.2. The van der Waals surface area contributed by atoms with Gasteiger partial charge in [-0.05, 0) is 59.6 Å². The van der Waals surface area contributed by atoms with Crippen molar-refractivity contribution in [1.29, 1.82) is 0 Å². The van der Waals surface area contributed by atoms with Crippen molar-refractivity contribution in [3.8, 4) is 17.3 Å². The van der Waals surface area contributed by atoms with Gasteiger partial charge in [-0.15, -0.1) is 0 Å². The zero-order valence-corrected chi connectivity index (χ0v) is 22.7. The second-order valence-corrected chi connectivity index (χ2v) is 10.6. The van der Waals surface area contributed by atoms with Gasteiger partial charge in [-0.25, -0.2) is 0 Å². The fourth-order valence-corrected chi connectivity index (χ4v) is 5.07. The second-order valence-electron chi connectivity index (χ2n) is 8.10. The maximum atomic E-state index is 13.0. The molecule has 0 spiro atoms. The van der Waals surface area contributed by atoms with Gasteiger partial charge in [-0.3, -0.25) is 14.1 Å². The van der Waals surface area contributed by atoms with Gasteiger partial charge in [0.05, 0.1) is 29.0 Å². The van der Waals surface area contributed by atoms with Crippen molar-refractivity contribution in [2.24, 2.45) is 0 Å². The molecule has 0 aliphatic carbocycles. The summed E-state index contributed by atoms with van der Waals surface area (Å²) in [5.74, 6) is -0.191. The minimum Gasteiger partial charge on any atom is -0.465 e. The van der Waals surface area contributed by atoms with Gasteiger partial charge in [0, 0.05) is 18.0 Å². The summed E-state index contributed by atoms with van der Waals surface area (Å²) >= 11 is 3.45. The topological polar surface area (TPSA) is 115 Å². The Morgan fingerprint density at radius 3 is 2.58 bits per heavy atom. The first-order chi connectivity index (χ1) is 17.9. The Hall–Kier alpha value is -3.52. The number of benzene rings is 2. The van der Waals surface area contributed by atoms with Crippen LogP contribution in [0.25, 0.3) is 22.3 Å². The Bertz CT molecular complexity index is 1630. The number of furan rings is 1. The summed E-state index contributed by atoms with van der Waals surface area (Å²) in [5, 5.41) is 3.18. The summed E-state index contributed by atoms with van der Waals surface area (Å²) in [7, 11) is -4.13. The Kier molecular flexibility index (Phi) is 7.48. The summed E-state index contributed by atoms with van der Waals surface area (Å²) < 4.78 is 77.6. The normalized spacial score (nSPS) is 12.1. The molecule has 0 atom stereocenters. The maximum absolute atomic E-state index is 13.0. The zero-order chi connectivity index (χ0) is 27.8. The van der Waals surface area contributed by atoms with Gasteiger partial charge in [0.1, 0.15) is 11.3 Å². The first-order valence-corrected chi connectivity index (χ1v) is 13.5. The minimum atomic E-state index is -5.65. The standard InChI is InChI=1S/C24H22BrF3N4O5S/c1-4-36-23-30-13(2)20(22(33)29-3)32(23)12-14-9-10-18-16(11-14)19(25)21(37-18)15-7-5-6-8-17(15)31-38(34,35)24(26,27)28/h5-11,31H,4,12H2,1-3H3,(H,29,33). The second kappa shape index (κ2) is 10.3. The van der Waals surface area contributed by atoms with Gasteiger partial charge in [-0.2, -0.15) is 26.6 Å². The van der Waals surface area contributed by atoms with Gasteiger partial charge in [0.25, 0.3) is 11.9 Å². The third-order valence-electron chi connectivity index (χ3n) is 5.58. The quantitative estimate of drug-likeness (QED) is 0.273. The highest BCUT2D eigenvalue weighted by Crippen LogP contribution is 2.42. The highest BCUT2D eigenvalue weighted by molar-refractivity contribution is 9.10. The molecule has 2 aromatic carbocycles. The monoisotopic (exact) mass is 614 g/mol. The fraction of sp³-hybridized carbons (Fsp3) is 0.250. The SMILES string of the molecule is CCOc1nc(C)c(C(=O)NC)n1Cc1ccc2oc(-c3ccccc3NS(=O)(=O)C(F)(F)F)c(Br)c2c1. The molecule has 1 amide bonds. The highest BCUT2D eigenvalue weighted by Gasteiger charge is 2.46. The van der Waals surface area contributed by atoms with E-state index in [1.54, 1.807) is 47.4 Å². The number of imidazole rings is 1. The number of hydrogen-bond acceptors (Lipinski definition) is 6. The maximum Gasteiger partial charge on any atom is 0.516 e.